The zero-order valence-corrected chi connectivity index (χ0v) is 17.1. The standard InChI is InChI=1S/C18H24F3N3O.HI/c1-2-22-17(23-9-6-14-7-10-25-11-8-14)24-13-15-4-3-5-16(12-15)18(19,20)21;/h3-5,7,12H,2,6,8-11,13H2,1H3,(H2,22,23,24);1H. The molecule has 2 rings (SSSR count). The van der Waals surface area contributed by atoms with Crippen LogP contribution >= 0.6 is 24.0 Å². The van der Waals surface area contributed by atoms with Gasteiger partial charge in [-0.1, -0.05) is 23.8 Å². The molecule has 0 atom stereocenters. The Balaban J connectivity index is 0.00000338. The van der Waals surface area contributed by atoms with Crippen LogP contribution in [0, 0.1) is 0 Å². The molecule has 0 fully saturated rings. The molecule has 4 nitrogen and oxygen atoms in total. The van der Waals surface area contributed by atoms with Crippen LogP contribution in [0.15, 0.2) is 40.9 Å². The molecular formula is C18H25F3IN3O. The van der Waals surface area contributed by atoms with E-state index < -0.39 is 11.7 Å². The highest BCUT2D eigenvalue weighted by molar-refractivity contribution is 14.0. The highest BCUT2D eigenvalue weighted by Crippen LogP contribution is 2.29. The molecular weight excluding hydrogens is 458 g/mol. The van der Waals surface area contributed by atoms with Crippen molar-refractivity contribution in [2.45, 2.75) is 32.5 Å². The topological polar surface area (TPSA) is 45.7 Å². The van der Waals surface area contributed by atoms with Gasteiger partial charge in [0.05, 0.1) is 25.3 Å². The number of hydrogen-bond acceptors (Lipinski definition) is 2. The van der Waals surface area contributed by atoms with Crippen LogP contribution in [0.4, 0.5) is 13.2 Å². The number of nitrogens with one attached hydrogen (secondary N) is 2. The minimum Gasteiger partial charge on any atom is -0.377 e. The number of hydrogen-bond donors (Lipinski definition) is 2. The highest BCUT2D eigenvalue weighted by atomic mass is 127. The van der Waals surface area contributed by atoms with Gasteiger partial charge in [0.1, 0.15) is 0 Å². The lowest BCUT2D eigenvalue weighted by Crippen LogP contribution is -2.38. The van der Waals surface area contributed by atoms with Gasteiger partial charge < -0.3 is 15.4 Å². The van der Waals surface area contributed by atoms with E-state index in [0.717, 1.165) is 38.1 Å². The van der Waals surface area contributed by atoms with Crippen molar-refractivity contribution >= 4 is 29.9 Å². The second-order valence-electron chi connectivity index (χ2n) is 5.76. The number of benzene rings is 1. The fourth-order valence-electron chi connectivity index (χ4n) is 2.49. The Hall–Kier alpha value is -1.29. The third kappa shape index (κ3) is 7.94. The molecule has 0 saturated carbocycles. The normalized spacial score (nSPS) is 15.1. The summed E-state index contributed by atoms with van der Waals surface area (Å²) in [5.74, 6) is 0.604. The average molecular weight is 483 g/mol. The Labute approximate surface area is 169 Å². The summed E-state index contributed by atoms with van der Waals surface area (Å²) in [7, 11) is 0. The van der Waals surface area contributed by atoms with Crippen LogP contribution in [0.3, 0.4) is 0 Å². The van der Waals surface area contributed by atoms with Crippen LogP contribution in [0.25, 0.3) is 0 Å². The summed E-state index contributed by atoms with van der Waals surface area (Å²) in [6.45, 7) is 4.97. The minimum atomic E-state index is -4.33. The van der Waals surface area contributed by atoms with Gasteiger partial charge in [0.2, 0.25) is 0 Å². The van der Waals surface area contributed by atoms with Crippen LogP contribution in [-0.4, -0.2) is 32.3 Å². The summed E-state index contributed by atoms with van der Waals surface area (Å²) in [4.78, 5) is 4.37. The van der Waals surface area contributed by atoms with Crippen molar-refractivity contribution in [3.05, 3.63) is 47.0 Å². The molecule has 1 aromatic carbocycles. The molecule has 2 N–H and O–H groups in total. The van der Waals surface area contributed by atoms with E-state index in [4.69, 9.17) is 4.74 Å². The summed E-state index contributed by atoms with van der Waals surface area (Å²) < 4.78 is 43.5. The minimum absolute atomic E-state index is 0. The average Bonchev–Trinajstić information content (AvgIpc) is 2.60. The van der Waals surface area contributed by atoms with E-state index >= 15 is 0 Å². The summed E-state index contributed by atoms with van der Waals surface area (Å²) >= 11 is 0. The summed E-state index contributed by atoms with van der Waals surface area (Å²) in [6, 6.07) is 5.26. The van der Waals surface area contributed by atoms with Crippen LogP contribution in [0.5, 0.6) is 0 Å². The molecule has 0 radical (unpaired) electrons. The SMILES string of the molecule is CCNC(=NCc1cccc(C(F)(F)F)c1)NCCC1=CCOCC1.I. The molecule has 0 amide bonds. The van der Waals surface area contributed by atoms with Gasteiger partial charge in [-0.25, -0.2) is 4.99 Å². The Morgan fingerprint density at radius 2 is 2.08 bits per heavy atom. The number of alkyl halides is 3. The smallest absolute Gasteiger partial charge is 0.377 e. The van der Waals surface area contributed by atoms with Crippen molar-refractivity contribution in [2.75, 3.05) is 26.3 Å². The van der Waals surface area contributed by atoms with Gasteiger partial charge in [0, 0.05) is 13.1 Å². The van der Waals surface area contributed by atoms with Crippen molar-refractivity contribution in [3.8, 4) is 0 Å². The summed E-state index contributed by atoms with van der Waals surface area (Å²) in [5.41, 5.74) is 1.23. The maximum atomic E-state index is 12.8. The number of ether oxygens (including phenoxy) is 1. The molecule has 0 aromatic heterocycles. The third-order valence-electron chi connectivity index (χ3n) is 3.81. The summed E-state index contributed by atoms with van der Waals surface area (Å²) in [5, 5.41) is 6.33. The molecule has 146 valence electrons. The molecule has 0 aliphatic carbocycles. The molecule has 0 spiro atoms. The highest BCUT2D eigenvalue weighted by Gasteiger charge is 2.30. The Morgan fingerprint density at radius 1 is 1.27 bits per heavy atom. The van der Waals surface area contributed by atoms with E-state index in [-0.39, 0.29) is 30.5 Å². The van der Waals surface area contributed by atoms with E-state index in [9.17, 15) is 13.2 Å². The van der Waals surface area contributed by atoms with E-state index in [2.05, 4.69) is 21.7 Å². The lowest BCUT2D eigenvalue weighted by atomic mass is 10.1. The zero-order valence-electron chi connectivity index (χ0n) is 14.7. The van der Waals surface area contributed by atoms with Gasteiger partial charge in [-0.2, -0.15) is 13.2 Å². The molecule has 26 heavy (non-hydrogen) atoms. The van der Waals surface area contributed by atoms with Crippen LogP contribution in [-0.2, 0) is 17.5 Å². The summed E-state index contributed by atoms with van der Waals surface area (Å²) in [6.07, 6.45) is -0.394. The van der Waals surface area contributed by atoms with E-state index in [0.29, 0.717) is 24.7 Å². The van der Waals surface area contributed by atoms with Crippen molar-refractivity contribution in [1.82, 2.24) is 10.6 Å². The van der Waals surface area contributed by atoms with Crippen molar-refractivity contribution in [3.63, 3.8) is 0 Å². The predicted molar refractivity (Wildman–Crippen MR) is 108 cm³/mol. The quantitative estimate of drug-likeness (QED) is 0.277. The predicted octanol–water partition coefficient (Wildman–Crippen LogP) is 4.12. The maximum absolute atomic E-state index is 12.8. The molecule has 0 unspecified atom stereocenters. The zero-order chi connectivity index (χ0) is 18.1. The number of guanidine groups is 1. The first-order chi connectivity index (χ1) is 12.0. The van der Waals surface area contributed by atoms with E-state index in [1.807, 2.05) is 6.92 Å². The van der Waals surface area contributed by atoms with Gasteiger partial charge in [-0.15, -0.1) is 24.0 Å². The van der Waals surface area contributed by atoms with Crippen molar-refractivity contribution in [1.29, 1.82) is 0 Å². The molecule has 0 bridgehead atoms. The molecule has 0 saturated heterocycles. The van der Waals surface area contributed by atoms with Gasteiger partial charge in [0.15, 0.2) is 5.96 Å². The fraction of sp³-hybridized carbons (Fsp3) is 0.500. The Bertz CT molecular complexity index is 618. The second-order valence-corrected chi connectivity index (χ2v) is 5.76. The monoisotopic (exact) mass is 483 g/mol. The van der Waals surface area contributed by atoms with Crippen LogP contribution < -0.4 is 10.6 Å². The number of halogens is 4. The van der Waals surface area contributed by atoms with E-state index in [1.165, 1.54) is 11.6 Å². The first-order valence-corrected chi connectivity index (χ1v) is 8.43. The second kappa shape index (κ2) is 11.4. The molecule has 1 aromatic rings. The number of nitrogens with zero attached hydrogens (tertiary/aromatic N) is 1. The first kappa shape index (κ1) is 22.8. The Kier molecular flexibility index (Phi) is 10.0. The lowest BCUT2D eigenvalue weighted by Gasteiger charge is -2.15. The number of aliphatic imine (C=N–C) groups is 1. The van der Waals surface area contributed by atoms with Crippen LogP contribution in [0.2, 0.25) is 0 Å². The van der Waals surface area contributed by atoms with Crippen molar-refractivity contribution in [2.24, 2.45) is 4.99 Å². The van der Waals surface area contributed by atoms with Crippen LogP contribution in [0.1, 0.15) is 30.9 Å². The largest absolute Gasteiger partial charge is 0.416 e. The first-order valence-electron chi connectivity index (χ1n) is 8.43. The van der Waals surface area contributed by atoms with Gasteiger partial charge in [-0.3, -0.25) is 0 Å². The third-order valence-corrected chi connectivity index (χ3v) is 3.81. The van der Waals surface area contributed by atoms with Gasteiger partial charge in [-0.05, 0) is 37.5 Å². The number of rotatable bonds is 6. The van der Waals surface area contributed by atoms with Crippen molar-refractivity contribution < 1.29 is 17.9 Å². The Morgan fingerprint density at radius 3 is 2.73 bits per heavy atom. The maximum Gasteiger partial charge on any atom is 0.416 e. The molecule has 8 heteroatoms. The van der Waals surface area contributed by atoms with E-state index in [1.54, 1.807) is 6.07 Å². The molecule has 1 heterocycles. The van der Waals surface area contributed by atoms with Gasteiger partial charge in [0.25, 0.3) is 0 Å². The molecule has 1 aliphatic rings. The fourth-order valence-corrected chi connectivity index (χ4v) is 2.49. The van der Waals surface area contributed by atoms with Gasteiger partial charge >= 0.3 is 6.18 Å². The lowest BCUT2D eigenvalue weighted by molar-refractivity contribution is -0.137. The molecule has 1 aliphatic heterocycles.